The molecule has 0 aliphatic carbocycles. The monoisotopic (exact) mass is 171 g/mol. The normalized spacial score (nSPS) is 11.2. The van der Waals surface area contributed by atoms with Gasteiger partial charge in [0, 0.05) is 20.6 Å². The number of nitrogens with zero attached hydrogens (tertiary/aromatic N) is 1. The molecule has 0 fully saturated rings. The van der Waals surface area contributed by atoms with Gasteiger partial charge in [-0.3, -0.25) is 0 Å². The number of hydrogen-bond acceptors (Lipinski definition) is 3. The predicted octanol–water partition coefficient (Wildman–Crippen LogP) is 2.08. The van der Waals surface area contributed by atoms with E-state index in [1.54, 1.807) is 0 Å². The molecular weight excluding hydrogens is 154 g/mol. The van der Waals surface area contributed by atoms with Crippen LogP contribution < -0.4 is 0 Å². The maximum atomic E-state index is 8.78. The van der Waals surface area contributed by atoms with Gasteiger partial charge in [-0.25, -0.2) is 0 Å². The van der Waals surface area contributed by atoms with E-state index < -0.39 is 5.79 Å². The van der Waals surface area contributed by atoms with Crippen molar-refractivity contribution in [3.05, 3.63) is 0 Å². The lowest BCUT2D eigenvalue weighted by atomic mass is 10.1. The number of methoxy groups -OCH3 is 2. The van der Waals surface area contributed by atoms with Gasteiger partial charge in [-0.15, -0.1) is 0 Å². The third-order valence-corrected chi connectivity index (χ3v) is 1.94. The summed E-state index contributed by atoms with van der Waals surface area (Å²) >= 11 is 0. The molecule has 0 heterocycles. The molecule has 0 amide bonds. The Morgan fingerprint density at radius 1 is 1.25 bits per heavy atom. The Bertz CT molecular complexity index is 147. The summed E-state index contributed by atoms with van der Waals surface area (Å²) in [5.41, 5.74) is 0. The molecule has 70 valence electrons. The molecule has 0 unspecified atom stereocenters. The molecule has 0 aromatic rings. The third-order valence-electron chi connectivity index (χ3n) is 1.94. The Hall–Kier alpha value is -0.590. The van der Waals surface area contributed by atoms with Crippen molar-refractivity contribution in [2.75, 3.05) is 14.2 Å². The first-order chi connectivity index (χ1) is 5.74. The largest absolute Gasteiger partial charge is 0.342 e. The minimum absolute atomic E-state index is 0.643. The van der Waals surface area contributed by atoms with Crippen molar-refractivity contribution in [2.45, 2.75) is 38.4 Å². The standard InChI is InChI=1S/C9H17NO2/c1-4-5-6-7-9(8-10,11-2)12-3/h4-7H2,1-3H3. The molecule has 0 radical (unpaired) electrons. The van der Waals surface area contributed by atoms with E-state index in [1.165, 1.54) is 14.2 Å². The second kappa shape index (κ2) is 5.99. The number of rotatable bonds is 6. The maximum Gasteiger partial charge on any atom is 0.258 e. The number of hydrogen-bond donors (Lipinski definition) is 0. The number of ether oxygens (including phenoxy) is 2. The highest BCUT2D eigenvalue weighted by Gasteiger charge is 2.28. The molecule has 12 heavy (non-hydrogen) atoms. The van der Waals surface area contributed by atoms with Crippen LogP contribution in [0.2, 0.25) is 0 Å². The lowest BCUT2D eigenvalue weighted by Crippen LogP contribution is -2.31. The average molecular weight is 171 g/mol. The van der Waals surface area contributed by atoms with Gasteiger partial charge in [-0.1, -0.05) is 19.8 Å². The summed E-state index contributed by atoms with van der Waals surface area (Å²) in [6.45, 7) is 2.12. The molecule has 3 heteroatoms. The number of unbranched alkanes of at least 4 members (excludes halogenated alkanes) is 2. The van der Waals surface area contributed by atoms with E-state index in [9.17, 15) is 0 Å². The fraction of sp³-hybridized carbons (Fsp3) is 0.889. The summed E-state index contributed by atoms with van der Waals surface area (Å²) in [7, 11) is 3.00. The van der Waals surface area contributed by atoms with E-state index in [1.807, 2.05) is 6.07 Å². The van der Waals surface area contributed by atoms with Crippen LogP contribution in [-0.4, -0.2) is 20.0 Å². The Balaban J connectivity index is 3.87. The Morgan fingerprint density at radius 2 is 1.83 bits per heavy atom. The third kappa shape index (κ3) is 3.21. The lowest BCUT2D eigenvalue weighted by Gasteiger charge is -2.22. The van der Waals surface area contributed by atoms with E-state index in [2.05, 4.69) is 6.92 Å². The van der Waals surface area contributed by atoms with Gasteiger partial charge in [0.2, 0.25) is 0 Å². The Kier molecular flexibility index (Phi) is 5.69. The maximum absolute atomic E-state index is 8.78. The molecule has 0 aliphatic heterocycles. The smallest absolute Gasteiger partial charge is 0.258 e. The van der Waals surface area contributed by atoms with Crippen LogP contribution in [0.25, 0.3) is 0 Å². The fourth-order valence-electron chi connectivity index (χ4n) is 1.04. The zero-order valence-electron chi connectivity index (χ0n) is 8.09. The zero-order valence-corrected chi connectivity index (χ0v) is 8.09. The molecule has 0 atom stereocenters. The zero-order chi connectivity index (χ0) is 9.45. The van der Waals surface area contributed by atoms with Crippen LogP contribution in [0.3, 0.4) is 0 Å². The van der Waals surface area contributed by atoms with Gasteiger partial charge in [0.15, 0.2) is 0 Å². The van der Waals surface area contributed by atoms with Crippen LogP contribution in [0, 0.1) is 11.3 Å². The summed E-state index contributed by atoms with van der Waals surface area (Å²) in [5.74, 6) is -1.02. The van der Waals surface area contributed by atoms with Crippen LogP contribution in [-0.2, 0) is 9.47 Å². The van der Waals surface area contributed by atoms with Gasteiger partial charge in [0.1, 0.15) is 6.07 Å². The van der Waals surface area contributed by atoms with Crippen molar-refractivity contribution in [1.29, 1.82) is 5.26 Å². The van der Waals surface area contributed by atoms with Gasteiger partial charge in [0.05, 0.1) is 0 Å². The molecule has 0 spiro atoms. The first-order valence-corrected chi connectivity index (χ1v) is 4.26. The molecular formula is C9H17NO2. The van der Waals surface area contributed by atoms with Crippen molar-refractivity contribution in [3.63, 3.8) is 0 Å². The number of nitriles is 1. The van der Waals surface area contributed by atoms with Crippen LogP contribution >= 0.6 is 0 Å². The highest BCUT2D eigenvalue weighted by molar-refractivity contribution is 4.93. The van der Waals surface area contributed by atoms with Crippen LogP contribution in [0.15, 0.2) is 0 Å². The van der Waals surface area contributed by atoms with E-state index in [4.69, 9.17) is 14.7 Å². The average Bonchev–Trinajstić information content (AvgIpc) is 2.14. The quantitative estimate of drug-likeness (QED) is 0.454. The van der Waals surface area contributed by atoms with Gasteiger partial charge < -0.3 is 9.47 Å². The summed E-state index contributed by atoms with van der Waals surface area (Å²) in [6.07, 6.45) is 3.85. The Morgan fingerprint density at radius 3 is 2.17 bits per heavy atom. The molecule has 0 N–H and O–H groups in total. The second-order valence-corrected chi connectivity index (χ2v) is 2.73. The van der Waals surface area contributed by atoms with Crippen molar-refractivity contribution in [2.24, 2.45) is 0 Å². The van der Waals surface area contributed by atoms with Gasteiger partial charge in [-0.05, 0) is 6.42 Å². The van der Waals surface area contributed by atoms with Gasteiger partial charge >= 0.3 is 0 Å². The van der Waals surface area contributed by atoms with E-state index in [0.717, 1.165) is 19.3 Å². The lowest BCUT2D eigenvalue weighted by molar-refractivity contribution is -0.168. The molecule has 0 aromatic heterocycles. The molecule has 0 saturated carbocycles. The van der Waals surface area contributed by atoms with Gasteiger partial charge in [0.25, 0.3) is 5.79 Å². The van der Waals surface area contributed by atoms with Crippen LogP contribution in [0.4, 0.5) is 0 Å². The van der Waals surface area contributed by atoms with Crippen molar-refractivity contribution >= 4 is 0 Å². The molecule has 0 rings (SSSR count). The highest BCUT2D eigenvalue weighted by Crippen LogP contribution is 2.18. The molecule has 0 aliphatic rings. The first kappa shape index (κ1) is 11.4. The molecule has 0 bridgehead atoms. The second-order valence-electron chi connectivity index (χ2n) is 2.73. The summed E-state index contributed by atoms with van der Waals surface area (Å²) < 4.78 is 10.00. The molecule has 0 aromatic carbocycles. The van der Waals surface area contributed by atoms with Crippen LogP contribution in [0.1, 0.15) is 32.6 Å². The minimum Gasteiger partial charge on any atom is -0.342 e. The highest BCUT2D eigenvalue weighted by atomic mass is 16.7. The molecule has 0 saturated heterocycles. The topological polar surface area (TPSA) is 42.2 Å². The van der Waals surface area contributed by atoms with Gasteiger partial charge in [-0.2, -0.15) is 5.26 Å². The van der Waals surface area contributed by atoms with Crippen LogP contribution in [0.5, 0.6) is 0 Å². The summed E-state index contributed by atoms with van der Waals surface area (Å²) in [5, 5.41) is 8.78. The first-order valence-electron chi connectivity index (χ1n) is 4.26. The van der Waals surface area contributed by atoms with E-state index in [0.29, 0.717) is 6.42 Å². The van der Waals surface area contributed by atoms with E-state index in [-0.39, 0.29) is 0 Å². The van der Waals surface area contributed by atoms with E-state index >= 15 is 0 Å². The minimum atomic E-state index is -1.02. The van der Waals surface area contributed by atoms with Crippen molar-refractivity contribution in [3.8, 4) is 6.07 Å². The SMILES string of the molecule is CCCCCC(C#N)(OC)OC. The van der Waals surface area contributed by atoms with Crippen molar-refractivity contribution < 1.29 is 9.47 Å². The summed E-state index contributed by atoms with van der Waals surface area (Å²) in [4.78, 5) is 0. The fourth-order valence-corrected chi connectivity index (χ4v) is 1.04. The predicted molar refractivity (Wildman–Crippen MR) is 46.5 cm³/mol. The van der Waals surface area contributed by atoms with Crippen molar-refractivity contribution in [1.82, 2.24) is 0 Å². The Labute approximate surface area is 74.3 Å². The molecule has 3 nitrogen and oxygen atoms in total. The summed E-state index contributed by atoms with van der Waals surface area (Å²) in [6, 6.07) is 2.03.